The molecule has 5 N–H and O–H groups in total. The van der Waals surface area contributed by atoms with E-state index in [1.54, 1.807) is 6.07 Å². The maximum atomic E-state index is 12.4. The standard InChI is InChI=1S/C15H18ClN5O2.CH4O3S/c1-20(15(17)18)14(22)11-8-9-10(16)2-3-12(13(9)19-11)21-4-6-23-7-5-21;1-5(2,3)4/h2-3,8,19H,4-7H2,1H3,(H3,17,18);1H3,(H,2,3,4). The monoisotopic (exact) mass is 431 g/mol. The molecule has 2 heterocycles. The van der Waals surface area contributed by atoms with Gasteiger partial charge in [-0.15, -0.1) is 0 Å². The van der Waals surface area contributed by atoms with Gasteiger partial charge in [0.25, 0.3) is 16.0 Å². The minimum Gasteiger partial charge on any atom is -0.378 e. The quantitative estimate of drug-likeness (QED) is 0.315. The van der Waals surface area contributed by atoms with E-state index in [1.165, 1.54) is 7.05 Å². The molecule has 0 unspecified atom stereocenters. The molecule has 2 aromatic rings. The van der Waals surface area contributed by atoms with E-state index in [0.29, 0.717) is 30.2 Å². The summed E-state index contributed by atoms with van der Waals surface area (Å²) in [5, 5.41) is 8.72. The number of nitrogens with two attached hydrogens (primary N) is 1. The Morgan fingerprint density at radius 1 is 1.39 bits per heavy atom. The van der Waals surface area contributed by atoms with E-state index in [-0.39, 0.29) is 11.9 Å². The molecule has 1 aromatic carbocycles. The number of benzene rings is 1. The predicted octanol–water partition coefficient (Wildman–Crippen LogP) is 1.13. The van der Waals surface area contributed by atoms with E-state index < -0.39 is 10.1 Å². The summed E-state index contributed by atoms with van der Waals surface area (Å²) >= 11 is 6.27. The highest BCUT2D eigenvalue weighted by Crippen LogP contribution is 2.33. The van der Waals surface area contributed by atoms with Crippen LogP contribution in [0.4, 0.5) is 5.69 Å². The van der Waals surface area contributed by atoms with Crippen LogP contribution in [-0.2, 0) is 14.9 Å². The second-order valence-corrected chi connectivity index (χ2v) is 7.99. The third-order valence-electron chi connectivity index (χ3n) is 3.97. The minimum atomic E-state index is -3.67. The lowest BCUT2D eigenvalue weighted by Crippen LogP contribution is -2.38. The van der Waals surface area contributed by atoms with Crippen molar-refractivity contribution in [2.45, 2.75) is 0 Å². The molecule has 0 radical (unpaired) electrons. The molecule has 0 bridgehead atoms. The maximum absolute atomic E-state index is 12.4. The first-order chi connectivity index (χ1) is 13.0. The number of rotatable bonds is 2. The smallest absolute Gasteiger partial charge is 0.276 e. The highest BCUT2D eigenvalue weighted by Gasteiger charge is 2.21. The lowest BCUT2D eigenvalue weighted by molar-refractivity contribution is 0.0864. The molecule has 1 fully saturated rings. The number of nitrogens with zero attached hydrogens (tertiary/aromatic N) is 2. The van der Waals surface area contributed by atoms with Gasteiger partial charge >= 0.3 is 0 Å². The number of carbonyl (C=O) groups is 1. The number of ether oxygens (including phenoxy) is 1. The molecule has 0 aliphatic carbocycles. The number of halogens is 1. The van der Waals surface area contributed by atoms with Gasteiger partial charge in [-0.05, 0) is 18.2 Å². The van der Waals surface area contributed by atoms with Crippen molar-refractivity contribution in [2.75, 3.05) is 44.5 Å². The highest BCUT2D eigenvalue weighted by molar-refractivity contribution is 7.85. The summed E-state index contributed by atoms with van der Waals surface area (Å²) in [4.78, 5) is 18.8. The summed E-state index contributed by atoms with van der Waals surface area (Å²) in [6.07, 6.45) is 0.715. The van der Waals surface area contributed by atoms with Crippen LogP contribution in [0.2, 0.25) is 5.02 Å². The van der Waals surface area contributed by atoms with Crippen LogP contribution in [-0.4, -0.2) is 74.3 Å². The number of guanidine groups is 1. The van der Waals surface area contributed by atoms with Gasteiger partial charge in [0.2, 0.25) is 0 Å². The van der Waals surface area contributed by atoms with Crippen molar-refractivity contribution < 1.29 is 22.5 Å². The molecule has 1 aliphatic rings. The number of hydrogen-bond donors (Lipinski definition) is 4. The Kier molecular flexibility index (Phi) is 6.88. The fourth-order valence-electron chi connectivity index (χ4n) is 2.64. The summed E-state index contributed by atoms with van der Waals surface area (Å²) < 4.78 is 31.3. The Bertz CT molecular complexity index is 977. The molecule has 0 saturated carbocycles. The first-order valence-corrected chi connectivity index (χ1v) is 10.4. The largest absolute Gasteiger partial charge is 0.378 e. The van der Waals surface area contributed by atoms with Crippen molar-refractivity contribution in [3.8, 4) is 0 Å². The van der Waals surface area contributed by atoms with E-state index in [2.05, 4.69) is 9.88 Å². The summed E-state index contributed by atoms with van der Waals surface area (Å²) in [7, 11) is -2.21. The van der Waals surface area contributed by atoms with E-state index in [4.69, 9.17) is 32.0 Å². The Morgan fingerprint density at radius 2 is 1.96 bits per heavy atom. The van der Waals surface area contributed by atoms with Gasteiger partial charge in [0.1, 0.15) is 5.69 Å². The van der Waals surface area contributed by atoms with Crippen molar-refractivity contribution in [2.24, 2.45) is 5.73 Å². The van der Waals surface area contributed by atoms with Gasteiger partial charge in [0.05, 0.1) is 35.7 Å². The highest BCUT2D eigenvalue weighted by atomic mass is 35.5. The summed E-state index contributed by atoms with van der Waals surface area (Å²) in [5.41, 5.74) is 7.51. The predicted molar refractivity (Wildman–Crippen MR) is 108 cm³/mol. The average molecular weight is 432 g/mol. The summed E-state index contributed by atoms with van der Waals surface area (Å²) in [6, 6.07) is 5.46. The number of fused-ring (bicyclic) bond motifs is 1. The van der Waals surface area contributed by atoms with Crippen LogP contribution in [0.5, 0.6) is 0 Å². The molecule has 12 heteroatoms. The fraction of sp³-hybridized carbons (Fsp3) is 0.375. The molecule has 28 heavy (non-hydrogen) atoms. The van der Waals surface area contributed by atoms with Crippen LogP contribution in [0.15, 0.2) is 18.2 Å². The van der Waals surface area contributed by atoms with Crippen LogP contribution in [0.1, 0.15) is 10.5 Å². The third kappa shape index (κ3) is 5.58. The number of amides is 1. The molecule has 0 atom stereocenters. The molecule has 3 rings (SSSR count). The van der Waals surface area contributed by atoms with Gasteiger partial charge in [0, 0.05) is 25.5 Å². The van der Waals surface area contributed by atoms with E-state index >= 15 is 0 Å². The molecule has 1 aromatic heterocycles. The third-order valence-corrected chi connectivity index (χ3v) is 4.30. The lowest BCUT2D eigenvalue weighted by Gasteiger charge is -2.29. The van der Waals surface area contributed by atoms with Crippen molar-refractivity contribution in [3.63, 3.8) is 0 Å². The van der Waals surface area contributed by atoms with E-state index in [1.807, 2.05) is 12.1 Å². The Hall–Kier alpha value is -2.34. The van der Waals surface area contributed by atoms with E-state index in [0.717, 1.165) is 34.6 Å². The molecular weight excluding hydrogens is 410 g/mol. The van der Waals surface area contributed by atoms with Crippen LogP contribution >= 0.6 is 11.6 Å². The number of aromatic nitrogens is 1. The summed E-state index contributed by atoms with van der Waals surface area (Å²) in [5.74, 6) is -0.689. The fourth-order valence-corrected chi connectivity index (χ4v) is 2.86. The number of morpholine rings is 1. The Labute approximate surface area is 167 Å². The van der Waals surface area contributed by atoms with Gasteiger partial charge in [-0.2, -0.15) is 8.42 Å². The molecule has 1 aliphatic heterocycles. The lowest BCUT2D eigenvalue weighted by atomic mass is 10.2. The average Bonchev–Trinajstić information content (AvgIpc) is 3.06. The number of hydrogen-bond acceptors (Lipinski definition) is 6. The normalized spacial score (nSPS) is 14.4. The van der Waals surface area contributed by atoms with Gasteiger partial charge < -0.3 is 20.4 Å². The zero-order valence-electron chi connectivity index (χ0n) is 15.4. The van der Waals surface area contributed by atoms with Crippen LogP contribution in [0, 0.1) is 5.41 Å². The second-order valence-electron chi connectivity index (χ2n) is 6.12. The number of nitrogens with one attached hydrogen (secondary N) is 2. The minimum absolute atomic E-state index is 0.312. The van der Waals surface area contributed by atoms with E-state index in [9.17, 15) is 13.2 Å². The molecular formula is C16H22ClN5O5S. The van der Waals surface area contributed by atoms with Crippen molar-refractivity contribution in [1.82, 2.24) is 9.88 Å². The van der Waals surface area contributed by atoms with Crippen LogP contribution in [0.3, 0.4) is 0 Å². The topological polar surface area (TPSA) is 153 Å². The maximum Gasteiger partial charge on any atom is 0.276 e. The molecule has 10 nitrogen and oxygen atoms in total. The summed E-state index contributed by atoms with van der Waals surface area (Å²) in [6.45, 7) is 2.91. The molecule has 1 amide bonds. The zero-order valence-corrected chi connectivity index (χ0v) is 17.0. The van der Waals surface area contributed by atoms with Gasteiger partial charge in [-0.25, -0.2) is 0 Å². The SMILES string of the molecule is CN(C(=N)N)C(=O)c1cc2c(Cl)ccc(N3CCOCC3)c2[nH]1.CS(=O)(=O)O. The zero-order chi connectivity index (χ0) is 21.1. The van der Waals surface area contributed by atoms with Gasteiger partial charge in [-0.3, -0.25) is 19.7 Å². The Balaban J connectivity index is 0.000000500. The second kappa shape index (κ2) is 8.78. The number of aromatic amines is 1. The first kappa shape index (κ1) is 22.0. The van der Waals surface area contributed by atoms with Gasteiger partial charge in [-0.1, -0.05) is 11.6 Å². The number of H-pyrrole nitrogens is 1. The Morgan fingerprint density at radius 3 is 2.50 bits per heavy atom. The molecule has 1 saturated heterocycles. The number of carbonyl (C=O) groups excluding carboxylic acids is 1. The first-order valence-electron chi connectivity index (χ1n) is 8.17. The molecule has 154 valence electrons. The van der Waals surface area contributed by atoms with Crippen LogP contribution in [0.25, 0.3) is 10.9 Å². The number of anilines is 1. The van der Waals surface area contributed by atoms with Crippen LogP contribution < -0.4 is 10.6 Å². The van der Waals surface area contributed by atoms with Crippen molar-refractivity contribution in [1.29, 1.82) is 5.41 Å². The van der Waals surface area contributed by atoms with Crippen molar-refractivity contribution in [3.05, 3.63) is 28.9 Å². The van der Waals surface area contributed by atoms with Crippen molar-refractivity contribution >= 4 is 50.2 Å². The van der Waals surface area contributed by atoms with Gasteiger partial charge in [0.15, 0.2) is 5.96 Å². The molecule has 0 spiro atoms.